The highest BCUT2D eigenvalue weighted by molar-refractivity contribution is 9.10. The fourth-order valence-corrected chi connectivity index (χ4v) is 2.77. The Kier molecular flexibility index (Phi) is 3.14. The van der Waals surface area contributed by atoms with Crippen LogP contribution in [-0.2, 0) is 0 Å². The summed E-state index contributed by atoms with van der Waals surface area (Å²) in [6.45, 7) is 0. The lowest BCUT2D eigenvalue weighted by Gasteiger charge is -2.03. The first kappa shape index (κ1) is 11.8. The molecule has 0 spiro atoms. The van der Waals surface area contributed by atoms with Crippen LogP contribution < -0.4 is 0 Å². The predicted molar refractivity (Wildman–Crippen MR) is 70.5 cm³/mol. The van der Waals surface area contributed by atoms with Gasteiger partial charge in [0, 0.05) is 0 Å². The average molecular weight is 344 g/mol. The van der Waals surface area contributed by atoms with Crippen LogP contribution >= 0.6 is 39.3 Å². The molecule has 3 heterocycles. The third-order valence-corrected chi connectivity index (χ3v) is 4.63. The van der Waals surface area contributed by atoms with Crippen molar-refractivity contribution in [2.75, 3.05) is 0 Å². The van der Waals surface area contributed by atoms with Crippen molar-refractivity contribution < 1.29 is 0 Å². The fraction of sp³-hybridized carbons (Fsp3) is 0. The summed E-state index contributed by atoms with van der Waals surface area (Å²) in [6.07, 6.45) is 4.44. The zero-order valence-corrected chi connectivity index (χ0v) is 11.8. The molecule has 0 bridgehead atoms. The molecule has 18 heavy (non-hydrogen) atoms. The Labute approximate surface area is 119 Å². The maximum atomic E-state index is 5.91. The van der Waals surface area contributed by atoms with Crippen LogP contribution in [-0.4, -0.2) is 29.9 Å². The number of halogens is 2. The Morgan fingerprint density at radius 1 is 1.06 bits per heavy atom. The molecule has 0 unspecified atom stereocenters. The number of nitrogens with zero attached hydrogens (tertiary/aromatic N) is 5. The van der Waals surface area contributed by atoms with Gasteiger partial charge in [0.2, 0.25) is 0 Å². The van der Waals surface area contributed by atoms with Gasteiger partial charge in [-0.05, 0) is 27.7 Å². The van der Waals surface area contributed by atoms with E-state index in [1.54, 1.807) is 6.33 Å². The Morgan fingerprint density at radius 2 is 1.83 bits per heavy atom. The van der Waals surface area contributed by atoms with Crippen LogP contribution in [0.3, 0.4) is 0 Å². The van der Waals surface area contributed by atoms with Crippen molar-refractivity contribution in [2.45, 2.75) is 10.1 Å². The average Bonchev–Trinajstić information content (AvgIpc) is 2.84. The van der Waals surface area contributed by atoms with Crippen LogP contribution in [0, 0.1) is 0 Å². The summed E-state index contributed by atoms with van der Waals surface area (Å²) in [5, 5.41) is 1.78. The van der Waals surface area contributed by atoms with Crippen molar-refractivity contribution in [3.63, 3.8) is 0 Å². The molecule has 9 heteroatoms. The Hall–Kier alpha value is -1.25. The van der Waals surface area contributed by atoms with Gasteiger partial charge in [-0.1, -0.05) is 11.6 Å². The largest absolute Gasteiger partial charge is 0.341 e. The van der Waals surface area contributed by atoms with Gasteiger partial charge < -0.3 is 4.98 Å². The first-order valence-electron chi connectivity index (χ1n) is 4.73. The number of hydrogen-bond acceptors (Lipinski definition) is 6. The van der Waals surface area contributed by atoms with Gasteiger partial charge in [-0.25, -0.2) is 24.9 Å². The molecule has 0 amide bonds. The minimum Gasteiger partial charge on any atom is -0.341 e. The lowest BCUT2D eigenvalue weighted by Crippen LogP contribution is -1.90. The number of aromatic amines is 1. The van der Waals surface area contributed by atoms with E-state index in [2.05, 4.69) is 45.8 Å². The quantitative estimate of drug-likeness (QED) is 0.721. The molecule has 3 aromatic rings. The third-order valence-electron chi connectivity index (χ3n) is 2.10. The molecule has 1 N–H and O–H groups in total. The Morgan fingerprint density at radius 3 is 2.72 bits per heavy atom. The first-order chi connectivity index (χ1) is 8.75. The number of imidazole rings is 1. The smallest absolute Gasteiger partial charge is 0.181 e. The molecule has 0 atom stereocenters. The van der Waals surface area contributed by atoms with Gasteiger partial charge in [-0.2, -0.15) is 0 Å². The Balaban J connectivity index is 2.06. The molecule has 3 rings (SSSR count). The molecule has 6 nitrogen and oxygen atoms in total. The molecule has 0 fully saturated rings. The molecule has 0 aromatic carbocycles. The van der Waals surface area contributed by atoms with Gasteiger partial charge in [-0.15, -0.1) is 0 Å². The van der Waals surface area contributed by atoms with E-state index < -0.39 is 0 Å². The second-order valence-electron chi connectivity index (χ2n) is 3.17. The molecule has 90 valence electrons. The van der Waals surface area contributed by atoms with Crippen LogP contribution in [0.25, 0.3) is 11.2 Å². The summed E-state index contributed by atoms with van der Waals surface area (Å²) in [6, 6.07) is 0. The summed E-state index contributed by atoms with van der Waals surface area (Å²) >= 11 is 10.6. The first-order valence-corrected chi connectivity index (χ1v) is 6.72. The van der Waals surface area contributed by atoms with Crippen LogP contribution in [0.15, 0.2) is 33.5 Å². The van der Waals surface area contributed by atoms with E-state index >= 15 is 0 Å². The highest BCUT2D eigenvalue weighted by atomic mass is 79.9. The molecular formula is C9H4BrClN6S. The van der Waals surface area contributed by atoms with Gasteiger partial charge in [-0.3, -0.25) is 0 Å². The predicted octanol–water partition coefficient (Wildman–Crippen LogP) is 2.71. The van der Waals surface area contributed by atoms with Crippen LogP contribution in [0.1, 0.15) is 0 Å². The van der Waals surface area contributed by atoms with Gasteiger partial charge in [0.1, 0.15) is 33.4 Å². The van der Waals surface area contributed by atoms with Crippen molar-refractivity contribution >= 4 is 50.5 Å². The summed E-state index contributed by atoms with van der Waals surface area (Å²) in [7, 11) is 0. The van der Waals surface area contributed by atoms with Crippen LogP contribution in [0.4, 0.5) is 0 Å². The van der Waals surface area contributed by atoms with E-state index in [4.69, 9.17) is 11.6 Å². The highest BCUT2D eigenvalue weighted by Gasteiger charge is 2.12. The molecule has 0 aliphatic heterocycles. The summed E-state index contributed by atoms with van der Waals surface area (Å²) in [5.74, 6) is 0. The molecule has 0 aliphatic carbocycles. The minimum absolute atomic E-state index is 0.363. The highest BCUT2D eigenvalue weighted by Crippen LogP contribution is 2.35. The third kappa shape index (κ3) is 2.06. The summed E-state index contributed by atoms with van der Waals surface area (Å²) in [5.41, 5.74) is 1.38. The van der Waals surface area contributed by atoms with E-state index in [9.17, 15) is 0 Å². The second-order valence-corrected chi connectivity index (χ2v) is 5.29. The molecule has 0 saturated heterocycles. The number of H-pyrrole nitrogens is 1. The maximum Gasteiger partial charge on any atom is 0.181 e. The topological polar surface area (TPSA) is 80.2 Å². The van der Waals surface area contributed by atoms with Crippen molar-refractivity contribution in [3.05, 3.63) is 28.6 Å². The lowest BCUT2D eigenvalue weighted by atomic mass is 10.6. The summed E-state index contributed by atoms with van der Waals surface area (Å²) in [4.78, 5) is 23.3. The molecule has 0 saturated carbocycles. The second kappa shape index (κ2) is 4.79. The van der Waals surface area contributed by atoms with Gasteiger partial charge >= 0.3 is 0 Å². The monoisotopic (exact) mass is 342 g/mol. The normalized spacial score (nSPS) is 11.0. The number of hydrogen-bond donors (Lipinski definition) is 1. The SMILES string of the molecule is Clc1ncnc(Sc2ncnc3nc[nH]c23)c1Br. The van der Waals surface area contributed by atoms with Crippen LogP contribution in [0.2, 0.25) is 5.15 Å². The number of aromatic nitrogens is 6. The zero-order valence-electron chi connectivity index (χ0n) is 8.63. The van der Waals surface area contributed by atoms with Gasteiger partial charge in [0.15, 0.2) is 5.65 Å². The van der Waals surface area contributed by atoms with E-state index in [1.807, 2.05) is 0 Å². The van der Waals surface area contributed by atoms with E-state index in [0.717, 1.165) is 10.5 Å². The number of nitrogens with one attached hydrogen (secondary N) is 1. The number of fused-ring (bicyclic) bond motifs is 1. The Bertz CT molecular complexity index is 717. The molecule has 0 radical (unpaired) electrons. The van der Waals surface area contributed by atoms with E-state index in [-0.39, 0.29) is 0 Å². The molecule has 0 aliphatic rings. The maximum absolute atomic E-state index is 5.91. The number of rotatable bonds is 2. The standard InChI is InChI=1S/C9H4BrClN6S/c10-4-6(11)13-2-16-8(4)18-9-5-7(14-1-12-5)15-3-17-9/h1-3H,(H,12,14,15,17). The summed E-state index contributed by atoms with van der Waals surface area (Å²) < 4.78 is 0.642. The van der Waals surface area contributed by atoms with Crippen molar-refractivity contribution in [3.8, 4) is 0 Å². The van der Waals surface area contributed by atoms with Crippen molar-refractivity contribution in [1.29, 1.82) is 0 Å². The fourth-order valence-electron chi connectivity index (χ4n) is 1.32. The minimum atomic E-state index is 0.363. The van der Waals surface area contributed by atoms with Gasteiger partial charge in [0.25, 0.3) is 0 Å². The lowest BCUT2D eigenvalue weighted by molar-refractivity contribution is 1.01. The van der Waals surface area contributed by atoms with Gasteiger partial charge in [0.05, 0.1) is 10.8 Å². The van der Waals surface area contributed by atoms with Crippen molar-refractivity contribution in [1.82, 2.24) is 29.9 Å². The molecular weight excluding hydrogens is 340 g/mol. The molecule has 3 aromatic heterocycles. The van der Waals surface area contributed by atoms with E-state index in [0.29, 0.717) is 20.3 Å². The van der Waals surface area contributed by atoms with Crippen molar-refractivity contribution in [2.24, 2.45) is 0 Å². The van der Waals surface area contributed by atoms with Crippen LogP contribution in [0.5, 0.6) is 0 Å². The van der Waals surface area contributed by atoms with E-state index in [1.165, 1.54) is 24.4 Å². The zero-order chi connectivity index (χ0) is 12.5.